The van der Waals surface area contributed by atoms with Gasteiger partial charge in [-0.3, -0.25) is 9.59 Å². The molecule has 0 fully saturated rings. The molecule has 1 aromatic rings. The predicted octanol–water partition coefficient (Wildman–Crippen LogP) is 0.401. The van der Waals surface area contributed by atoms with Crippen LogP contribution >= 0.6 is 0 Å². The maximum absolute atomic E-state index is 12.9. The molecular weight excluding hydrogens is 215 g/mol. The van der Waals surface area contributed by atoms with E-state index in [0.717, 1.165) is 6.07 Å². The molecular formula is C10H9FN2O3. The van der Waals surface area contributed by atoms with Gasteiger partial charge in [-0.2, -0.15) is 0 Å². The predicted molar refractivity (Wildman–Crippen MR) is 53.3 cm³/mol. The number of benzene rings is 1. The lowest BCUT2D eigenvalue weighted by Crippen LogP contribution is -2.57. The second kappa shape index (κ2) is 3.19. The van der Waals surface area contributed by atoms with Crippen molar-refractivity contribution in [2.75, 3.05) is 5.32 Å². The zero-order valence-electron chi connectivity index (χ0n) is 8.41. The van der Waals surface area contributed by atoms with E-state index in [1.165, 1.54) is 19.1 Å². The van der Waals surface area contributed by atoms with E-state index in [9.17, 15) is 14.0 Å². The van der Waals surface area contributed by atoms with E-state index in [2.05, 4.69) is 5.32 Å². The van der Waals surface area contributed by atoms with Crippen LogP contribution in [0.1, 0.15) is 6.92 Å². The van der Waals surface area contributed by atoms with Crippen molar-refractivity contribution in [2.45, 2.75) is 12.5 Å². The molecule has 6 heteroatoms. The summed E-state index contributed by atoms with van der Waals surface area (Å²) in [6.45, 7) is 1.23. The van der Waals surface area contributed by atoms with Crippen LogP contribution < -0.4 is 15.8 Å². The number of hydrogen-bond acceptors (Lipinski definition) is 3. The molecule has 1 atom stereocenters. The number of carbonyl (C=O) groups excluding carboxylic acids is 2. The lowest BCUT2D eigenvalue weighted by Gasteiger charge is -2.31. The van der Waals surface area contributed by atoms with Gasteiger partial charge in [-0.15, -0.1) is 0 Å². The Balaban J connectivity index is 2.48. The van der Waals surface area contributed by atoms with Gasteiger partial charge in [0, 0.05) is 6.07 Å². The molecule has 2 rings (SSSR count). The van der Waals surface area contributed by atoms with Crippen LogP contribution in [0.3, 0.4) is 0 Å². The van der Waals surface area contributed by atoms with Gasteiger partial charge in [0.05, 0.1) is 5.69 Å². The van der Waals surface area contributed by atoms with Gasteiger partial charge in [-0.25, -0.2) is 4.39 Å². The van der Waals surface area contributed by atoms with Crippen LogP contribution in [0.25, 0.3) is 0 Å². The highest BCUT2D eigenvalue weighted by molar-refractivity contribution is 6.14. The molecule has 0 aliphatic carbocycles. The van der Waals surface area contributed by atoms with Crippen molar-refractivity contribution in [3.63, 3.8) is 0 Å². The summed E-state index contributed by atoms with van der Waals surface area (Å²) in [5.41, 5.74) is 3.57. The quantitative estimate of drug-likeness (QED) is 0.677. The molecule has 16 heavy (non-hydrogen) atoms. The molecule has 1 aromatic carbocycles. The van der Waals surface area contributed by atoms with E-state index in [1.807, 2.05) is 0 Å². The Hall–Kier alpha value is -2.11. The summed E-state index contributed by atoms with van der Waals surface area (Å²) in [5, 5.41) is 2.43. The first-order chi connectivity index (χ1) is 7.43. The third-order valence-corrected chi connectivity index (χ3v) is 2.41. The van der Waals surface area contributed by atoms with Crippen LogP contribution in [-0.4, -0.2) is 17.4 Å². The first-order valence-corrected chi connectivity index (χ1v) is 4.53. The van der Waals surface area contributed by atoms with Crippen molar-refractivity contribution in [1.29, 1.82) is 0 Å². The molecule has 1 aliphatic rings. The molecule has 5 nitrogen and oxygen atoms in total. The molecule has 0 saturated carbocycles. The summed E-state index contributed by atoms with van der Waals surface area (Å²) in [6.07, 6.45) is 0. The average molecular weight is 224 g/mol. The number of halogens is 1. The summed E-state index contributed by atoms with van der Waals surface area (Å²) < 4.78 is 18.1. The van der Waals surface area contributed by atoms with Crippen LogP contribution in [0.5, 0.6) is 5.75 Å². The van der Waals surface area contributed by atoms with Gasteiger partial charge in [0.2, 0.25) is 0 Å². The van der Waals surface area contributed by atoms with Crippen molar-refractivity contribution in [3.8, 4) is 5.75 Å². The maximum Gasteiger partial charge on any atom is 0.278 e. The first kappa shape index (κ1) is 10.4. The van der Waals surface area contributed by atoms with Gasteiger partial charge in [-0.05, 0) is 19.1 Å². The Morgan fingerprint density at radius 3 is 2.88 bits per heavy atom. The number of carbonyl (C=O) groups is 2. The molecule has 1 heterocycles. The number of anilines is 1. The monoisotopic (exact) mass is 224 g/mol. The fourth-order valence-corrected chi connectivity index (χ4v) is 1.35. The standard InChI is InChI=1S/C10H9FN2O3/c1-10(8(12)14)9(15)13-6-3-2-5(11)4-7(6)16-10/h2-4H,1H3,(H2,12,14)(H,13,15)/t10-/m1/s1. The molecule has 0 bridgehead atoms. The molecule has 3 N–H and O–H groups in total. The molecule has 0 aromatic heterocycles. The molecule has 0 spiro atoms. The Morgan fingerprint density at radius 2 is 2.25 bits per heavy atom. The van der Waals surface area contributed by atoms with E-state index in [-0.39, 0.29) is 5.75 Å². The van der Waals surface area contributed by atoms with E-state index in [0.29, 0.717) is 5.69 Å². The number of rotatable bonds is 1. The third kappa shape index (κ3) is 1.39. The zero-order chi connectivity index (χ0) is 11.9. The van der Waals surface area contributed by atoms with Crippen molar-refractivity contribution >= 4 is 17.5 Å². The normalized spacial score (nSPS) is 23.0. The maximum atomic E-state index is 12.9. The first-order valence-electron chi connectivity index (χ1n) is 4.53. The number of fused-ring (bicyclic) bond motifs is 1. The number of hydrogen-bond donors (Lipinski definition) is 2. The van der Waals surface area contributed by atoms with Crippen molar-refractivity contribution in [3.05, 3.63) is 24.0 Å². The zero-order valence-corrected chi connectivity index (χ0v) is 8.41. The minimum atomic E-state index is -1.80. The topological polar surface area (TPSA) is 81.4 Å². The second-order valence-corrected chi connectivity index (χ2v) is 3.59. The average Bonchev–Trinajstić information content (AvgIpc) is 2.20. The minimum Gasteiger partial charge on any atom is -0.465 e. The van der Waals surface area contributed by atoms with E-state index < -0.39 is 23.2 Å². The molecule has 2 amide bonds. The Bertz CT molecular complexity index is 489. The highest BCUT2D eigenvalue weighted by Crippen LogP contribution is 2.33. The highest BCUT2D eigenvalue weighted by Gasteiger charge is 2.45. The molecule has 0 saturated heterocycles. The molecule has 0 unspecified atom stereocenters. The van der Waals surface area contributed by atoms with Crippen LogP contribution in [0, 0.1) is 5.82 Å². The molecule has 1 aliphatic heterocycles. The van der Waals surface area contributed by atoms with Gasteiger partial charge < -0.3 is 15.8 Å². The Morgan fingerprint density at radius 1 is 1.56 bits per heavy atom. The minimum absolute atomic E-state index is 0.0842. The van der Waals surface area contributed by atoms with Crippen LogP contribution in [-0.2, 0) is 9.59 Å². The Labute approximate surface area is 90.4 Å². The largest absolute Gasteiger partial charge is 0.465 e. The van der Waals surface area contributed by atoms with Gasteiger partial charge in [0.1, 0.15) is 11.6 Å². The number of nitrogens with one attached hydrogen (secondary N) is 1. The van der Waals surface area contributed by atoms with Crippen molar-refractivity contribution in [1.82, 2.24) is 0 Å². The summed E-state index contributed by atoms with van der Waals surface area (Å²) in [7, 11) is 0. The summed E-state index contributed by atoms with van der Waals surface area (Å²) in [6, 6.07) is 3.61. The molecule has 0 radical (unpaired) electrons. The van der Waals surface area contributed by atoms with E-state index in [4.69, 9.17) is 10.5 Å². The van der Waals surface area contributed by atoms with Crippen LogP contribution in [0.2, 0.25) is 0 Å². The number of amides is 2. The fourth-order valence-electron chi connectivity index (χ4n) is 1.35. The van der Waals surface area contributed by atoms with Gasteiger partial charge in [0.25, 0.3) is 17.4 Å². The summed E-state index contributed by atoms with van der Waals surface area (Å²) >= 11 is 0. The van der Waals surface area contributed by atoms with Crippen molar-refractivity contribution < 1.29 is 18.7 Å². The summed E-state index contributed by atoms with van der Waals surface area (Å²) in [4.78, 5) is 22.7. The van der Waals surface area contributed by atoms with Crippen LogP contribution in [0.4, 0.5) is 10.1 Å². The third-order valence-electron chi connectivity index (χ3n) is 2.41. The lowest BCUT2D eigenvalue weighted by molar-refractivity contribution is -0.144. The summed E-state index contributed by atoms with van der Waals surface area (Å²) in [5.74, 6) is -2.04. The number of nitrogens with two attached hydrogens (primary N) is 1. The second-order valence-electron chi connectivity index (χ2n) is 3.59. The number of ether oxygens (including phenoxy) is 1. The van der Waals surface area contributed by atoms with Gasteiger partial charge >= 0.3 is 0 Å². The molecule has 84 valence electrons. The Kier molecular flexibility index (Phi) is 2.08. The fraction of sp³-hybridized carbons (Fsp3) is 0.200. The SMILES string of the molecule is C[C@]1(C(N)=O)Oc2cc(F)ccc2NC1=O. The van der Waals surface area contributed by atoms with Crippen molar-refractivity contribution in [2.24, 2.45) is 5.73 Å². The van der Waals surface area contributed by atoms with E-state index in [1.54, 1.807) is 0 Å². The van der Waals surface area contributed by atoms with E-state index >= 15 is 0 Å². The van der Waals surface area contributed by atoms with Crippen LogP contribution in [0.15, 0.2) is 18.2 Å². The van der Waals surface area contributed by atoms with Gasteiger partial charge in [0.15, 0.2) is 0 Å². The van der Waals surface area contributed by atoms with Gasteiger partial charge in [-0.1, -0.05) is 0 Å². The highest BCUT2D eigenvalue weighted by atomic mass is 19.1. The number of primary amides is 1. The lowest BCUT2D eigenvalue weighted by atomic mass is 10.0. The smallest absolute Gasteiger partial charge is 0.278 e.